The van der Waals surface area contributed by atoms with E-state index in [0.29, 0.717) is 0 Å². The number of amides is 2. The fraction of sp³-hybridized carbons (Fsp3) is 0.529. The van der Waals surface area contributed by atoms with E-state index in [2.05, 4.69) is 10.3 Å². The number of aryl methyl sites for hydroxylation is 1. The van der Waals surface area contributed by atoms with Gasteiger partial charge in [0.1, 0.15) is 11.6 Å². The summed E-state index contributed by atoms with van der Waals surface area (Å²) in [6.07, 6.45) is 3.65. The fourth-order valence-electron chi connectivity index (χ4n) is 1.59. The van der Waals surface area contributed by atoms with Crippen LogP contribution < -0.4 is 16.8 Å². The van der Waals surface area contributed by atoms with E-state index in [1.165, 1.54) is 5.56 Å². The standard InChI is InChI=1S/C11H21N3O4.C6H7N/c1-11(2,3)18-10(17)7(4-5-8(13)15)14-9(16)6-12;1-6-2-4-7-5-3-6/h7H,4-6,12H2,1-3H3,(H2,13,15)(H,14,16);2-5H,1H3. The number of esters is 1. The van der Waals surface area contributed by atoms with Gasteiger partial charge in [-0.25, -0.2) is 4.79 Å². The number of nitrogens with zero attached hydrogens (tertiary/aromatic N) is 1. The average Bonchev–Trinajstić information content (AvgIpc) is 2.50. The normalized spacial score (nSPS) is 11.6. The largest absolute Gasteiger partial charge is 0.458 e. The van der Waals surface area contributed by atoms with Crippen LogP contribution in [0.15, 0.2) is 24.5 Å². The Labute approximate surface area is 148 Å². The summed E-state index contributed by atoms with van der Waals surface area (Å²) in [4.78, 5) is 37.5. The van der Waals surface area contributed by atoms with E-state index in [-0.39, 0.29) is 19.4 Å². The molecule has 25 heavy (non-hydrogen) atoms. The molecule has 1 rings (SSSR count). The second-order valence-electron chi connectivity index (χ2n) is 6.39. The Balaban J connectivity index is 0.000000676. The Bertz CT molecular complexity index is 556. The number of hydrogen-bond acceptors (Lipinski definition) is 6. The second kappa shape index (κ2) is 11.1. The first-order chi connectivity index (χ1) is 11.5. The number of hydrogen-bond donors (Lipinski definition) is 3. The van der Waals surface area contributed by atoms with Crippen LogP contribution in [0.1, 0.15) is 39.2 Å². The van der Waals surface area contributed by atoms with Crippen LogP contribution in [-0.4, -0.2) is 41.0 Å². The second-order valence-corrected chi connectivity index (χ2v) is 6.39. The zero-order valence-electron chi connectivity index (χ0n) is 15.2. The van der Waals surface area contributed by atoms with E-state index in [0.717, 1.165) is 0 Å². The number of carbonyl (C=O) groups is 3. The maximum absolute atomic E-state index is 11.8. The molecule has 0 fully saturated rings. The third-order valence-electron chi connectivity index (χ3n) is 2.74. The van der Waals surface area contributed by atoms with Gasteiger partial charge >= 0.3 is 5.97 Å². The van der Waals surface area contributed by atoms with Crippen LogP contribution in [0.25, 0.3) is 0 Å². The summed E-state index contributed by atoms with van der Waals surface area (Å²) in [6.45, 7) is 6.93. The molecule has 0 spiro atoms. The number of nitrogens with one attached hydrogen (secondary N) is 1. The van der Waals surface area contributed by atoms with Gasteiger partial charge in [0.2, 0.25) is 11.8 Å². The molecule has 1 aromatic rings. The molecule has 0 aliphatic rings. The van der Waals surface area contributed by atoms with Crippen LogP contribution in [0.2, 0.25) is 0 Å². The Kier molecular flexibility index (Phi) is 10.0. The number of nitrogens with two attached hydrogens (primary N) is 2. The molecule has 0 saturated heterocycles. The Morgan fingerprint density at radius 2 is 1.80 bits per heavy atom. The van der Waals surface area contributed by atoms with Crippen LogP contribution in [0.3, 0.4) is 0 Å². The number of ether oxygens (including phenoxy) is 1. The van der Waals surface area contributed by atoms with Crippen LogP contribution in [0, 0.1) is 6.92 Å². The monoisotopic (exact) mass is 352 g/mol. The lowest BCUT2D eigenvalue weighted by atomic mass is 10.1. The van der Waals surface area contributed by atoms with Crippen molar-refractivity contribution in [3.63, 3.8) is 0 Å². The molecule has 0 aromatic carbocycles. The van der Waals surface area contributed by atoms with Gasteiger partial charge < -0.3 is 21.5 Å². The first kappa shape index (κ1) is 22.5. The smallest absolute Gasteiger partial charge is 0.329 e. The molecule has 8 heteroatoms. The van der Waals surface area contributed by atoms with E-state index in [9.17, 15) is 14.4 Å². The highest BCUT2D eigenvalue weighted by Crippen LogP contribution is 2.10. The fourth-order valence-corrected chi connectivity index (χ4v) is 1.59. The lowest BCUT2D eigenvalue weighted by Gasteiger charge is -2.24. The maximum Gasteiger partial charge on any atom is 0.329 e. The molecule has 1 atom stereocenters. The first-order valence-electron chi connectivity index (χ1n) is 7.92. The molecule has 0 bridgehead atoms. The van der Waals surface area contributed by atoms with Crippen molar-refractivity contribution in [2.45, 2.75) is 52.2 Å². The Hall–Kier alpha value is -2.48. The van der Waals surface area contributed by atoms with Crippen LogP contribution in [0.4, 0.5) is 0 Å². The molecule has 0 saturated carbocycles. The Morgan fingerprint density at radius 1 is 1.24 bits per heavy atom. The summed E-state index contributed by atoms with van der Waals surface area (Å²) in [7, 11) is 0. The zero-order valence-corrected chi connectivity index (χ0v) is 15.2. The van der Waals surface area contributed by atoms with Crippen LogP contribution in [0.5, 0.6) is 0 Å². The lowest BCUT2D eigenvalue weighted by Crippen LogP contribution is -2.46. The number of rotatable bonds is 6. The van der Waals surface area contributed by atoms with Crippen LogP contribution in [-0.2, 0) is 19.1 Å². The number of carbonyl (C=O) groups excluding carboxylic acids is 3. The zero-order chi connectivity index (χ0) is 19.5. The molecule has 8 nitrogen and oxygen atoms in total. The van der Waals surface area contributed by atoms with Gasteiger partial charge in [-0.3, -0.25) is 14.6 Å². The van der Waals surface area contributed by atoms with Crippen molar-refractivity contribution in [2.75, 3.05) is 6.54 Å². The highest BCUT2D eigenvalue weighted by atomic mass is 16.6. The molecular formula is C17H28N4O4. The van der Waals surface area contributed by atoms with E-state index in [4.69, 9.17) is 16.2 Å². The quantitative estimate of drug-likeness (QED) is 0.635. The molecule has 1 aromatic heterocycles. The van der Waals surface area contributed by atoms with E-state index >= 15 is 0 Å². The number of aromatic nitrogens is 1. The van der Waals surface area contributed by atoms with Crippen LogP contribution >= 0.6 is 0 Å². The van der Waals surface area contributed by atoms with Crippen molar-refractivity contribution >= 4 is 17.8 Å². The molecular weight excluding hydrogens is 324 g/mol. The van der Waals surface area contributed by atoms with Crippen molar-refractivity contribution in [1.82, 2.24) is 10.3 Å². The molecule has 1 unspecified atom stereocenters. The molecule has 140 valence electrons. The van der Waals surface area contributed by atoms with Gasteiger partial charge in [-0.1, -0.05) is 0 Å². The van der Waals surface area contributed by atoms with Gasteiger partial charge in [0.25, 0.3) is 0 Å². The van der Waals surface area contributed by atoms with Crippen molar-refractivity contribution in [2.24, 2.45) is 11.5 Å². The highest BCUT2D eigenvalue weighted by Gasteiger charge is 2.26. The predicted molar refractivity (Wildman–Crippen MR) is 94.2 cm³/mol. The van der Waals surface area contributed by atoms with Gasteiger partial charge in [-0.2, -0.15) is 0 Å². The summed E-state index contributed by atoms with van der Waals surface area (Å²) in [5.74, 6) is -1.65. The number of pyridine rings is 1. The van der Waals surface area contributed by atoms with E-state index in [1.807, 2.05) is 19.1 Å². The number of primary amides is 1. The summed E-state index contributed by atoms with van der Waals surface area (Å²) in [6, 6.07) is 3.03. The summed E-state index contributed by atoms with van der Waals surface area (Å²) >= 11 is 0. The average molecular weight is 352 g/mol. The predicted octanol–water partition coefficient (Wildman–Crippen LogP) is 0.427. The molecule has 0 aliphatic heterocycles. The summed E-state index contributed by atoms with van der Waals surface area (Å²) in [5.41, 5.74) is 10.7. The van der Waals surface area contributed by atoms with Crippen molar-refractivity contribution in [3.8, 4) is 0 Å². The molecule has 0 radical (unpaired) electrons. The SMILES string of the molecule is CC(C)(C)OC(=O)C(CCC(N)=O)NC(=O)CN.Cc1ccncc1. The molecule has 1 heterocycles. The Morgan fingerprint density at radius 3 is 2.16 bits per heavy atom. The van der Waals surface area contributed by atoms with Crippen molar-refractivity contribution in [1.29, 1.82) is 0 Å². The topological polar surface area (TPSA) is 137 Å². The van der Waals surface area contributed by atoms with Gasteiger partial charge in [0.15, 0.2) is 0 Å². The minimum Gasteiger partial charge on any atom is -0.458 e. The maximum atomic E-state index is 11.8. The van der Waals surface area contributed by atoms with Gasteiger partial charge in [-0.15, -0.1) is 0 Å². The first-order valence-corrected chi connectivity index (χ1v) is 7.92. The lowest BCUT2D eigenvalue weighted by molar-refractivity contribution is -0.158. The van der Waals surface area contributed by atoms with Crippen molar-refractivity contribution < 1.29 is 19.1 Å². The van der Waals surface area contributed by atoms with E-state index in [1.54, 1.807) is 33.2 Å². The molecule has 5 N–H and O–H groups in total. The minimum absolute atomic E-state index is 0.0191. The van der Waals surface area contributed by atoms with Crippen molar-refractivity contribution in [3.05, 3.63) is 30.1 Å². The van der Waals surface area contributed by atoms with Gasteiger partial charge in [0, 0.05) is 18.8 Å². The summed E-state index contributed by atoms with van der Waals surface area (Å²) in [5, 5.41) is 2.40. The molecule has 2 amide bonds. The third kappa shape index (κ3) is 12.6. The van der Waals surface area contributed by atoms with Gasteiger partial charge in [0.05, 0.1) is 6.54 Å². The molecule has 0 aliphatic carbocycles. The summed E-state index contributed by atoms with van der Waals surface area (Å²) < 4.78 is 5.13. The third-order valence-corrected chi connectivity index (χ3v) is 2.74. The van der Waals surface area contributed by atoms with E-state index < -0.39 is 29.4 Å². The van der Waals surface area contributed by atoms with Gasteiger partial charge in [-0.05, 0) is 51.8 Å². The minimum atomic E-state index is -0.909. The highest BCUT2D eigenvalue weighted by molar-refractivity contribution is 5.86.